The lowest BCUT2D eigenvalue weighted by Crippen LogP contribution is -2.29. The molecule has 0 unspecified atom stereocenters. The Labute approximate surface area is 192 Å². The van der Waals surface area contributed by atoms with Crippen LogP contribution >= 0.6 is 0 Å². The predicted octanol–water partition coefficient (Wildman–Crippen LogP) is 2.82. The monoisotopic (exact) mass is 442 g/mol. The van der Waals surface area contributed by atoms with Gasteiger partial charge in [-0.15, -0.1) is 5.10 Å². The number of anilines is 2. The third-order valence-corrected chi connectivity index (χ3v) is 5.91. The molecular weight excluding hydrogens is 416 g/mol. The molecule has 168 valence electrons. The molecule has 3 aromatic heterocycles. The number of benzene rings is 1. The molecule has 0 spiro atoms. The number of aryl methyl sites for hydroxylation is 1. The Morgan fingerprint density at radius 3 is 2.73 bits per heavy atom. The van der Waals surface area contributed by atoms with Gasteiger partial charge >= 0.3 is 0 Å². The maximum absolute atomic E-state index is 13.0. The topological polar surface area (TPSA) is 92.1 Å². The lowest BCUT2D eigenvalue weighted by atomic mass is 10.1. The molecule has 33 heavy (non-hydrogen) atoms. The first-order chi connectivity index (χ1) is 16.0. The van der Waals surface area contributed by atoms with E-state index in [0.717, 1.165) is 60.4 Å². The fourth-order valence-corrected chi connectivity index (χ4v) is 4.04. The molecule has 9 heteroatoms. The van der Waals surface area contributed by atoms with E-state index >= 15 is 0 Å². The van der Waals surface area contributed by atoms with Crippen LogP contribution in [0.5, 0.6) is 0 Å². The van der Waals surface area contributed by atoms with Gasteiger partial charge < -0.3 is 15.1 Å². The summed E-state index contributed by atoms with van der Waals surface area (Å²) in [5.41, 5.74) is 2.32. The summed E-state index contributed by atoms with van der Waals surface area (Å²) in [7, 11) is 3.97. The number of carbonyl (C=O) groups is 1. The highest BCUT2D eigenvalue weighted by atomic mass is 16.1. The molecule has 0 saturated carbocycles. The smallest absolute Gasteiger partial charge is 0.257 e. The van der Waals surface area contributed by atoms with Crippen LogP contribution in [0.2, 0.25) is 0 Å². The minimum absolute atomic E-state index is 0.206. The number of hydrogen-bond donors (Lipinski definition) is 1. The summed E-state index contributed by atoms with van der Waals surface area (Å²) in [6, 6.07) is 11.5. The van der Waals surface area contributed by atoms with E-state index in [1.54, 1.807) is 23.1 Å². The zero-order chi connectivity index (χ0) is 22.8. The molecule has 0 atom stereocenters. The van der Waals surface area contributed by atoms with Gasteiger partial charge in [0.1, 0.15) is 17.3 Å². The normalized spacial score (nSPS) is 14.9. The summed E-state index contributed by atoms with van der Waals surface area (Å²) in [6.07, 6.45) is 6.40. The SMILES string of the molecule is CN1CCCN(c2cc(C(=O)Nc3cc4cc(-c5cn(C)nn5)ccc4cn3)ccn2)CC1. The highest BCUT2D eigenvalue weighted by molar-refractivity contribution is 6.05. The Bertz CT molecular complexity index is 1300. The summed E-state index contributed by atoms with van der Waals surface area (Å²) in [5.74, 6) is 1.12. The summed E-state index contributed by atoms with van der Waals surface area (Å²) < 4.78 is 1.67. The van der Waals surface area contributed by atoms with E-state index < -0.39 is 0 Å². The molecule has 0 radical (unpaired) electrons. The summed E-state index contributed by atoms with van der Waals surface area (Å²) in [6.45, 7) is 3.89. The zero-order valence-electron chi connectivity index (χ0n) is 18.8. The lowest BCUT2D eigenvalue weighted by Gasteiger charge is -2.21. The quantitative estimate of drug-likeness (QED) is 0.520. The molecule has 1 saturated heterocycles. The van der Waals surface area contributed by atoms with Crippen molar-refractivity contribution < 1.29 is 4.79 Å². The van der Waals surface area contributed by atoms with E-state index in [1.807, 2.05) is 43.6 Å². The van der Waals surface area contributed by atoms with Crippen LogP contribution in [0.15, 0.2) is 55.0 Å². The van der Waals surface area contributed by atoms with Crippen molar-refractivity contribution in [2.45, 2.75) is 6.42 Å². The first-order valence-electron chi connectivity index (χ1n) is 11.0. The van der Waals surface area contributed by atoms with Gasteiger partial charge in [0, 0.05) is 55.6 Å². The molecular formula is C24H26N8O. The Kier molecular flexibility index (Phi) is 5.70. The van der Waals surface area contributed by atoms with Crippen molar-refractivity contribution in [3.8, 4) is 11.3 Å². The Hall–Kier alpha value is -3.85. The van der Waals surface area contributed by atoms with Crippen molar-refractivity contribution in [1.82, 2.24) is 29.9 Å². The zero-order valence-corrected chi connectivity index (χ0v) is 18.8. The first-order valence-corrected chi connectivity index (χ1v) is 11.0. The predicted molar refractivity (Wildman–Crippen MR) is 128 cm³/mol. The lowest BCUT2D eigenvalue weighted by molar-refractivity contribution is 0.102. The van der Waals surface area contributed by atoms with Gasteiger partial charge in [-0.3, -0.25) is 9.48 Å². The minimum atomic E-state index is -0.206. The van der Waals surface area contributed by atoms with Crippen LogP contribution in [0.4, 0.5) is 11.6 Å². The Morgan fingerprint density at radius 2 is 1.88 bits per heavy atom. The summed E-state index contributed by atoms with van der Waals surface area (Å²) >= 11 is 0. The second-order valence-corrected chi connectivity index (χ2v) is 8.41. The van der Waals surface area contributed by atoms with E-state index in [9.17, 15) is 4.79 Å². The van der Waals surface area contributed by atoms with E-state index in [1.165, 1.54) is 0 Å². The molecule has 4 aromatic rings. The third-order valence-electron chi connectivity index (χ3n) is 5.91. The van der Waals surface area contributed by atoms with Crippen LogP contribution in [-0.2, 0) is 7.05 Å². The van der Waals surface area contributed by atoms with Gasteiger partial charge in [0.15, 0.2) is 0 Å². The van der Waals surface area contributed by atoms with Gasteiger partial charge in [0.2, 0.25) is 0 Å². The molecule has 4 heterocycles. The highest BCUT2D eigenvalue weighted by Crippen LogP contribution is 2.24. The Morgan fingerprint density at radius 1 is 0.970 bits per heavy atom. The average molecular weight is 443 g/mol. The van der Waals surface area contributed by atoms with Gasteiger partial charge in [-0.1, -0.05) is 17.3 Å². The minimum Gasteiger partial charge on any atom is -0.355 e. The van der Waals surface area contributed by atoms with Gasteiger partial charge in [-0.2, -0.15) is 0 Å². The third kappa shape index (κ3) is 4.68. The van der Waals surface area contributed by atoms with Crippen molar-refractivity contribution in [1.29, 1.82) is 0 Å². The maximum Gasteiger partial charge on any atom is 0.257 e. The molecule has 0 aliphatic carbocycles. The number of hydrogen-bond acceptors (Lipinski definition) is 7. The standard InChI is InChI=1S/C24H26N8O/c1-30-8-3-9-32(11-10-30)23-14-18(6-7-25-23)24(33)27-22-13-20-12-17(4-5-19(20)15-26-22)21-16-31(2)29-28-21/h4-7,12-16H,3,8-11H2,1-2H3,(H,26,27,33). The van der Waals surface area contributed by atoms with E-state index in [4.69, 9.17) is 0 Å². The second-order valence-electron chi connectivity index (χ2n) is 8.41. The number of carbonyl (C=O) groups excluding carboxylic acids is 1. The van der Waals surface area contributed by atoms with Crippen LogP contribution in [0, 0.1) is 0 Å². The number of fused-ring (bicyclic) bond motifs is 1. The number of nitrogens with zero attached hydrogens (tertiary/aromatic N) is 7. The number of pyridine rings is 2. The number of likely N-dealkylation sites (N-methyl/N-ethyl adjacent to an activating group) is 1. The molecule has 1 amide bonds. The summed E-state index contributed by atoms with van der Waals surface area (Å²) in [5, 5.41) is 13.1. The van der Waals surface area contributed by atoms with Crippen LogP contribution in [0.25, 0.3) is 22.0 Å². The number of nitrogens with one attached hydrogen (secondary N) is 1. The van der Waals surface area contributed by atoms with E-state index in [0.29, 0.717) is 11.4 Å². The molecule has 1 aliphatic heterocycles. The molecule has 1 aromatic carbocycles. The van der Waals surface area contributed by atoms with Gasteiger partial charge in [-0.25, -0.2) is 9.97 Å². The van der Waals surface area contributed by atoms with E-state index in [-0.39, 0.29) is 5.91 Å². The highest BCUT2D eigenvalue weighted by Gasteiger charge is 2.16. The molecule has 1 aliphatic rings. The van der Waals surface area contributed by atoms with E-state index in [2.05, 4.69) is 42.4 Å². The second kappa shape index (κ2) is 8.95. The van der Waals surface area contributed by atoms with Gasteiger partial charge in [0.05, 0.1) is 6.20 Å². The maximum atomic E-state index is 13.0. The fraction of sp³-hybridized carbons (Fsp3) is 0.292. The van der Waals surface area contributed by atoms with Crippen molar-refractivity contribution in [3.05, 3.63) is 60.6 Å². The van der Waals surface area contributed by atoms with Gasteiger partial charge in [-0.05, 0) is 49.7 Å². The molecule has 1 fully saturated rings. The number of amides is 1. The molecule has 0 bridgehead atoms. The van der Waals surface area contributed by atoms with Crippen molar-refractivity contribution in [2.75, 3.05) is 43.4 Å². The van der Waals surface area contributed by atoms with Crippen LogP contribution in [-0.4, -0.2) is 69.0 Å². The van der Waals surface area contributed by atoms with Crippen LogP contribution in [0.1, 0.15) is 16.8 Å². The van der Waals surface area contributed by atoms with Crippen molar-refractivity contribution in [3.63, 3.8) is 0 Å². The fourth-order valence-electron chi connectivity index (χ4n) is 4.04. The van der Waals surface area contributed by atoms with Crippen molar-refractivity contribution in [2.24, 2.45) is 7.05 Å². The first kappa shape index (κ1) is 21.0. The van der Waals surface area contributed by atoms with Crippen LogP contribution < -0.4 is 10.2 Å². The number of aromatic nitrogens is 5. The van der Waals surface area contributed by atoms with Crippen molar-refractivity contribution >= 4 is 28.3 Å². The van der Waals surface area contributed by atoms with Gasteiger partial charge in [0.25, 0.3) is 5.91 Å². The number of rotatable bonds is 4. The average Bonchev–Trinajstić information content (AvgIpc) is 3.15. The molecule has 1 N–H and O–H groups in total. The molecule has 9 nitrogen and oxygen atoms in total. The molecule has 5 rings (SSSR count). The van der Waals surface area contributed by atoms with Crippen LogP contribution in [0.3, 0.4) is 0 Å². The Balaban J connectivity index is 1.35. The summed E-state index contributed by atoms with van der Waals surface area (Å²) in [4.78, 5) is 26.4. The largest absolute Gasteiger partial charge is 0.355 e.